The second kappa shape index (κ2) is 6.09. The molecular formula is C15H16F4N2O2. The number of ether oxygens (including phenoxy) is 1. The smallest absolute Gasteiger partial charge is 0.262 e. The highest BCUT2D eigenvalue weighted by Gasteiger charge is 2.44. The van der Waals surface area contributed by atoms with Crippen molar-refractivity contribution in [3.63, 3.8) is 0 Å². The number of carbonyl (C=O) groups excluding carboxylic acids is 1. The first-order chi connectivity index (χ1) is 10.9. The molecule has 8 heteroatoms. The summed E-state index contributed by atoms with van der Waals surface area (Å²) in [5.41, 5.74) is 0.408. The van der Waals surface area contributed by atoms with Crippen molar-refractivity contribution in [2.75, 3.05) is 26.2 Å². The van der Waals surface area contributed by atoms with E-state index in [0.717, 1.165) is 12.1 Å². The van der Waals surface area contributed by atoms with Gasteiger partial charge >= 0.3 is 0 Å². The van der Waals surface area contributed by atoms with Gasteiger partial charge in [-0.2, -0.15) is 0 Å². The van der Waals surface area contributed by atoms with Gasteiger partial charge < -0.3 is 9.64 Å². The normalized spacial score (nSPS) is 27.2. The molecular weight excluding hydrogens is 316 g/mol. The minimum atomic E-state index is -2.88. The lowest BCUT2D eigenvalue weighted by Crippen LogP contribution is -2.49. The van der Waals surface area contributed by atoms with Crippen molar-refractivity contribution in [3.8, 4) is 0 Å². The summed E-state index contributed by atoms with van der Waals surface area (Å²) >= 11 is 0. The van der Waals surface area contributed by atoms with E-state index in [2.05, 4.69) is 5.32 Å². The number of amides is 1. The topological polar surface area (TPSA) is 41.6 Å². The van der Waals surface area contributed by atoms with Crippen LogP contribution in [0, 0.1) is 11.6 Å². The van der Waals surface area contributed by atoms with Gasteiger partial charge in [-0.3, -0.25) is 10.1 Å². The highest BCUT2D eigenvalue weighted by atomic mass is 19.3. The molecule has 2 aliphatic rings. The first-order valence-corrected chi connectivity index (χ1v) is 7.32. The van der Waals surface area contributed by atoms with Crippen LogP contribution in [-0.2, 0) is 9.53 Å². The van der Waals surface area contributed by atoms with Gasteiger partial charge in [-0.05, 0) is 17.7 Å². The maximum Gasteiger partial charge on any atom is 0.262 e. The lowest BCUT2D eigenvalue weighted by Gasteiger charge is -2.34. The first kappa shape index (κ1) is 16.2. The Balaban J connectivity index is 1.68. The van der Waals surface area contributed by atoms with E-state index in [4.69, 9.17) is 4.74 Å². The van der Waals surface area contributed by atoms with Crippen molar-refractivity contribution in [2.24, 2.45) is 0 Å². The summed E-state index contributed by atoms with van der Waals surface area (Å²) in [7, 11) is 0. The molecule has 2 aliphatic heterocycles. The average molecular weight is 332 g/mol. The van der Waals surface area contributed by atoms with Gasteiger partial charge in [0.2, 0.25) is 5.91 Å². The molecule has 3 rings (SSSR count). The quantitative estimate of drug-likeness (QED) is 0.841. The maximum absolute atomic E-state index is 13.3. The molecule has 2 fully saturated rings. The number of benzene rings is 1. The highest BCUT2D eigenvalue weighted by Crippen LogP contribution is 2.28. The monoisotopic (exact) mass is 332 g/mol. The van der Waals surface area contributed by atoms with Gasteiger partial charge in [0.15, 0.2) is 11.6 Å². The van der Waals surface area contributed by atoms with Crippen molar-refractivity contribution in [3.05, 3.63) is 35.4 Å². The Morgan fingerprint density at radius 2 is 2.09 bits per heavy atom. The van der Waals surface area contributed by atoms with E-state index in [0.29, 0.717) is 5.56 Å². The third-order valence-corrected chi connectivity index (χ3v) is 4.10. The van der Waals surface area contributed by atoms with E-state index in [1.54, 1.807) is 0 Å². The van der Waals surface area contributed by atoms with Crippen LogP contribution < -0.4 is 5.32 Å². The van der Waals surface area contributed by atoms with Crippen LogP contribution in [0.5, 0.6) is 0 Å². The number of alkyl halides is 2. The van der Waals surface area contributed by atoms with Crippen LogP contribution in [0.3, 0.4) is 0 Å². The second-order valence-electron chi connectivity index (χ2n) is 5.81. The zero-order valence-electron chi connectivity index (χ0n) is 12.2. The van der Waals surface area contributed by atoms with E-state index >= 15 is 0 Å². The summed E-state index contributed by atoms with van der Waals surface area (Å²) in [5, 5.41) is 2.52. The van der Waals surface area contributed by atoms with E-state index in [-0.39, 0.29) is 19.7 Å². The first-order valence-electron chi connectivity index (χ1n) is 7.32. The molecule has 1 N–H and O–H groups in total. The van der Waals surface area contributed by atoms with Crippen molar-refractivity contribution in [2.45, 2.75) is 24.5 Å². The predicted molar refractivity (Wildman–Crippen MR) is 73.0 cm³/mol. The molecule has 0 bridgehead atoms. The molecule has 1 aromatic carbocycles. The molecule has 126 valence electrons. The zero-order valence-corrected chi connectivity index (χ0v) is 12.2. The van der Waals surface area contributed by atoms with Crippen molar-refractivity contribution in [1.29, 1.82) is 0 Å². The Labute approximate surface area is 130 Å². The molecule has 1 amide bonds. The molecule has 0 saturated carbocycles. The fourth-order valence-electron chi connectivity index (χ4n) is 2.87. The summed E-state index contributed by atoms with van der Waals surface area (Å²) in [6.07, 6.45) is -1.14. The van der Waals surface area contributed by atoms with Gasteiger partial charge in [-0.15, -0.1) is 0 Å². The summed E-state index contributed by atoms with van der Waals surface area (Å²) in [6.45, 7) is 0.0925. The van der Waals surface area contributed by atoms with Crippen LogP contribution in [0.1, 0.15) is 18.1 Å². The van der Waals surface area contributed by atoms with Crippen LogP contribution in [0.15, 0.2) is 18.2 Å². The van der Waals surface area contributed by atoms with Gasteiger partial charge in [0, 0.05) is 13.0 Å². The molecule has 0 aromatic heterocycles. The second-order valence-corrected chi connectivity index (χ2v) is 5.81. The third-order valence-electron chi connectivity index (χ3n) is 4.10. The molecule has 1 aromatic rings. The van der Waals surface area contributed by atoms with Crippen LogP contribution in [0.2, 0.25) is 0 Å². The summed E-state index contributed by atoms with van der Waals surface area (Å²) in [4.78, 5) is 13.8. The number of nitrogens with one attached hydrogen (secondary N) is 1. The number of hydrogen-bond donors (Lipinski definition) is 1. The molecule has 2 unspecified atom stereocenters. The Morgan fingerprint density at radius 1 is 1.30 bits per heavy atom. The van der Waals surface area contributed by atoms with Crippen LogP contribution in [0.4, 0.5) is 17.6 Å². The van der Waals surface area contributed by atoms with Crippen LogP contribution in [0.25, 0.3) is 0 Å². The lowest BCUT2D eigenvalue weighted by molar-refractivity contribution is -0.141. The molecule has 23 heavy (non-hydrogen) atoms. The van der Waals surface area contributed by atoms with Crippen molar-refractivity contribution < 1.29 is 27.1 Å². The van der Waals surface area contributed by atoms with E-state index in [9.17, 15) is 22.4 Å². The number of carbonyl (C=O) groups is 1. The fourth-order valence-corrected chi connectivity index (χ4v) is 2.87. The van der Waals surface area contributed by atoms with E-state index in [1.807, 2.05) is 0 Å². The molecule has 0 aliphatic carbocycles. The van der Waals surface area contributed by atoms with Gasteiger partial charge in [0.25, 0.3) is 5.92 Å². The van der Waals surface area contributed by atoms with Crippen molar-refractivity contribution in [1.82, 2.24) is 10.2 Å². The minimum absolute atomic E-state index is 0.119. The summed E-state index contributed by atoms with van der Waals surface area (Å²) < 4.78 is 58.2. The van der Waals surface area contributed by atoms with Gasteiger partial charge in [-0.1, -0.05) is 6.07 Å². The van der Waals surface area contributed by atoms with Gasteiger partial charge in [0.05, 0.1) is 25.7 Å². The summed E-state index contributed by atoms with van der Waals surface area (Å²) in [5.74, 6) is -5.26. The molecule has 2 heterocycles. The largest absolute Gasteiger partial charge is 0.370 e. The number of nitrogens with zero attached hydrogens (tertiary/aromatic N) is 1. The Hall–Kier alpha value is -1.67. The number of hydrogen-bond acceptors (Lipinski definition) is 3. The van der Waals surface area contributed by atoms with Gasteiger partial charge in [0.1, 0.15) is 6.10 Å². The number of morpholine rings is 1. The molecule has 0 radical (unpaired) electrons. The van der Waals surface area contributed by atoms with E-state index in [1.165, 1.54) is 11.0 Å². The minimum Gasteiger partial charge on any atom is -0.370 e. The lowest BCUT2D eigenvalue weighted by atomic mass is 10.1. The molecule has 0 spiro atoms. The predicted octanol–water partition coefficient (Wildman–Crippen LogP) is 1.86. The van der Waals surface area contributed by atoms with E-state index < -0.39 is 48.6 Å². The highest BCUT2D eigenvalue weighted by molar-refractivity contribution is 5.82. The maximum atomic E-state index is 13.3. The van der Waals surface area contributed by atoms with Crippen LogP contribution in [-0.4, -0.2) is 49.0 Å². The van der Waals surface area contributed by atoms with Gasteiger partial charge in [-0.25, -0.2) is 17.6 Å². The summed E-state index contributed by atoms with van der Waals surface area (Å²) in [6, 6.07) is 2.48. The zero-order chi connectivity index (χ0) is 16.6. The SMILES string of the molecule is O=C(C1CC(F)(F)CN1)N1CCOC(c2ccc(F)c(F)c2)C1. The molecule has 4 nitrogen and oxygen atoms in total. The number of rotatable bonds is 2. The molecule has 2 atom stereocenters. The molecule has 2 saturated heterocycles. The standard InChI is InChI=1S/C15H16F4N2O2/c16-10-2-1-9(5-11(10)17)13-7-21(3-4-23-13)14(22)12-6-15(18,19)8-20-12/h1-2,5,12-13,20H,3-4,6-8H2. The van der Waals surface area contributed by atoms with Crippen LogP contribution >= 0.6 is 0 Å². The average Bonchev–Trinajstić information content (AvgIpc) is 2.89. The Kier molecular flexibility index (Phi) is 4.29. The third kappa shape index (κ3) is 3.48. The Morgan fingerprint density at radius 3 is 2.74 bits per heavy atom. The fraction of sp³-hybridized carbons (Fsp3) is 0.533. The van der Waals surface area contributed by atoms with Crippen molar-refractivity contribution >= 4 is 5.91 Å². The number of halogens is 4. The Bertz CT molecular complexity index is 611.